The lowest BCUT2D eigenvalue weighted by Gasteiger charge is -2.17. The van der Waals surface area contributed by atoms with Crippen molar-refractivity contribution in [2.24, 2.45) is 0 Å². The number of amides is 1. The van der Waals surface area contributed by atoms with Crippen LogP contribution in [0.5, 0.6) is 0 Å². The smallest absolute Gasteiger partial charge is 0.240 e. The van der Waals surface area contributed by atoms with E-state index in [1.54, 1.807) is 7.05 Å². The highest BCUT2D eigenvalue weighted by Crippen LogP contribution is 2.14. The van der Waals surface area contributed by atoms with Gasteiger partial charge in [0.1, 0.15) is 0 Å². The van der Waals surface area contributed by atoms with Crippen molar-refractivity contribution in [2.75, 3.05) is 18.5 Å². The minimum atomic E-state index is -3.64. The number of sulfonamides is 1. The van der Waals surface area contributed by atoms with E-state index in [0.29, 0.717) is 5.02 Å². The predicted molar refractivity (Wildman–Crippen MR) is 91.1 cm³/mol. The number of halogens is 1. The molecular formula is C16H17ClN2O3S. The molecule has 0 radical (unpaired) electrons. The molecule has 2 aromatic rings. The van der Waals surface area contributed by atoms with E-state index in [0.717, 1.165) is 5.69 Å². The summed E-state index contributed by atoms with van der Waals surface area (Å²) in [5.74, 6) is -0.171. The van der Waals surface area contributed by atoms with Crippen molar-refractivity contribution >= 4 is 33.2 Å². The number of hydrogen-bond acceptors (Lipinski definition) is 3. The molecule has 0 saturated carbocycles. The molecule has 7 heteroatoms. The van der Waals surface area contributed by atoms with Gasteiger partial charge < -0.3 is 4.90 Å². The molecule has 0 spiro atoms. The van der Waals surface area contributed by atoms with E-state index < -0.39 is 10.0 Å². The van der Waals surface area contributed by atoms with E-state index in [1.807, 2.05) is 30.3 Å². The first kappa shape index (κ1) is 17.5. The molecule has 0 aromatic heterocycles. The van der Waals surface area contributed by atoms with Crippen LogP contribution in [0.15, 0.2) is 59.5 Å². The first-order chi connectivity index (χ1) is 10.9. The summed E-state index contributed by atoms with van der Waals surface area (Å²) >= 11 is 5.74. The first-order valence-corrected chi connectivity index (χ1v) is 8.83. The normalized spacial score (nSPS) is 11.2. The van der Waals surface area contributed by atoms with Gasteiger partial charge in [0.2, 0.25) is 15.9 Å². The molecular weight excluding hydrogens is 336 g/mol. The molecule has 1 N–H and O–H groups in total. The second-order valence-electron chi connectivity index (χ2n) is 4.89. The lowest BCUT2D eigenvalue weighted by atomic mass is 10.3. The lowest BCUT2D eigenvalue weighted by molar-refractivity contribution is -0.118. The SMILES string of the molecule is CN(C(=O)CCNS(=O)(=O)c1ccc(Cl)cc1)c1ccccc1. The summed E-state index contributed by atoms with van der Waals surface area (Å²) in [6, 6.07) is 15.0. The molecule has 0 saturated heterocycles. The van der Waals surface area contributed by atoms with Crippen LogP contribution in [-0.2, 0) is 14.8 Å². The summed E-state index contributed by atoms with van der Waals surface area (Å²) in [5, 5.41) is 0.462. The Balaban J connectivity index is 1.91. The number of carbonyl (C=O) groups excluding carboxylic acids is 1. The van der Waals surface area contributed by atoms with Crippen molar-refractivity contribution in [1.82, 2.24) is 4.72 Å². The van der Waals surface area contributed by atoms with E-state index >= 15 is 0 Å². The molecule has 122 valence electrons. The lowest BCUT2D eigenvalue weighted by Crippen LogP contribution is -2.32. The van der Waals surface area contributed by atoms with Gasteiger partial charge in [0.25, 0.3) is 0 Å². The number of benzene rings is 2. The molecule has 23 heavy (non-hydrogen) atoms. The summed E-state index contributed by atoms with van der Waals surface area (Å²) in [4.78, 5) is 13.7. The number of carbonyl (C=O) groups is 1. The second-order valence-corrected chi connectivity index (χ2v) is 7.09. The van der Waals surface area contributed by atoms with Crippen LogP contribution in [0.25, 0.3) is 0 Å². The van der Waals surface area contributed by atoms with Gasteiger partial charge in [0.15, 0.2) is 0 Å². The van der Waals surface area contributed by atoms with Gasteiger partial charge in [-0.15, -0.1) is 0 Å². The zero-order valence-corrected chi connectivity index (χ0v) is 14.1. The maximum atomic E-state index is 12.1. The monoisotopic (exact) mass is 352 g/mol. The molecule has 0 fully saturated rings. The van der Waals surface area contributed by atoms with Crippen LogP contribution in [0.1, 0.15) is 6.42 Å². The Hall–Kier alpha value is -1.89. The molecule has 0 heterocycles. The van der Waals surface area contributed by atoms with E-state index in [-0.39, 0.29) is 23.8 Å². The zero-order chi connectivity index (χ0) is 16.9. The van der Waals surface area contributed by atoms with Crippen molar-refractivity contribution < 1.29 is 13.2 Å². The summed E-state index contributed by atoms with van der Waals surface area (Å²) in [6.45, 7) is 0.0287. The fourth-order valence-corrected chi connectivity index (χ4v) is 3.11. The Morgan fingerprint density at radius 2 is 1.70 bits per heavy atom. The third kappa shape index (κ3) is 4.79. The molecule has 2 rings (SSSR count). The standard InChI is InChI=1S/C16H17ClN2O3S/c1-19(14-5-3-2-4-6-14)16(20)11-12-18-23(21,22)15-9-7-13(17)8-10-15/h2-10,18H,11-12H2,1H3. The average Bonchev–Trinajstić information content (AvgIpc) is 2.55. The fraction of sp³-hybridized carbons (Fsp3) is 0.188. The predicted octanol–water partition coefficient (Wildman–Crippen LogP) is 2.67. The van der Waals surface area contributed by atoms with Gasteiger partial charge >= 0.3 is 0 Å². The topological polar surface area (TPSA) is 66.5 Å². The number of hydrogen-bond donors (Lipinski definition) is 1. The quantitative estimate of drug-likeness (QED) is 0.869. The summed E-state index contributed by atoms with van der Waals surface area (Å²) in [6.07, 6.45) is 0.0677. The van der Waals surface area contributed by atoms with E-state index in [4.69, 9.17) is 11.6 Å². The van der Waals surface area contributed by atoms with Crippen molar-refractivity contribution in [3.63, 3.8) is 0 Å². The second kappa shape index (κ2) is 7.59. The van der Waals surface area contributed by atoms with Crippen LogP contribution in [0.4, 0.5) is 5.69 Å². The third-order valence-electron chi connectivity index (χ3n) is 3.27. The van der Waals surface area contributed by atoms with Crippen molar-refractivity contribution in [3.05, 3.63) is 59.6 Å². The van der Waals surface area contributed by atoms with Crippen LogP contribution in [-0.4, -0.2) is 27.9 Å². The van der Waals surface area contributed by atoms with Crippen LogP contribution < -0.4 is 9.62 Å². The largest absolute Gasteiger partial charge is 0.315 e. The van der Waals surface area contributed by atoms with Gasteiger partial charge in [-0.25, -0.2) is 13.1 Å². The van der Waals surface area contributed by atoms with Crippen molar-refractivity contribution in [3.8, 4) is 0 Å². The molecule has 0 aliphatic heterocycles. The molecule has 0 bridgehead atoms. The average molecular weight is 353 g/mol. The molecule has 1 amide bonds. The fourth-order valence-electron chi connectivity index (χ4n) is 1.95. The van der Waals surface area contributed by atoms with Gasteiger partial charge in [-0.3, -0.25) is 4.79 Å². The number of nitrogens with zero attached hydrogens (tertiary/aromatic N) is 1. The highest BCUT2D eigenvalue weighted by atomic mass is 35.5. The van der Waals surface area contributed by atoms with Crippen molar-refractivity contribution in [2.45, 2.75) is 11.3 Å². The minimum Gasteiger partial charge on any atom is -0.315 e. The summed E-state index contributed by atoms with van der Waals surface area (Å²) < 4.78 is 26.6. The van der Waals surface area contributed by atoms with Crippen LogP contribution >= 0.6 is 11.6 Å². The Morgan fingerprint density at radius 1 is 1.09 bits per heavy atom. The summed E-state index contributed by atoms with van der Waals surface area (Å²) in [5.41, 5.74) is 0.762. The summed E-state index contributed by atoms with van der Waals surface area (Å²) in [7, 11) is -1.98. The Morgan fingerprint density at radius 3 is 2.30 bits per heavy atom. The van der Waals surface area contributed by atoms with E-state index in [9.17, 15) is 13.2 Å². The van der Waals surface area contributed by atoms with Gasteiger partial charge in [-0.1, -0.05) is 29.8 Å². The number of nitrogens with one attached hydrogen (secondary N) is 1. The molecule has 5 nitrogen and oxygen atoms in total. The van der Waals surface area contributed by atoms with Gasteiger partial charge in [-0.2, -0.15) is 0 Å². The van der Waals surface area contributed by atoms with Crippen LogP contribution in [0, 0.1) is 0 Å². The van der Waals surface area contributed by atoms with E-state index in [1.165, 1.54) is 29.2 Å². The first-order valence-electron chi connectivity index (χ1n) is 6.97. The molecule has 0 unspecified atom stereocenters. The minimum absolute atomic E-state index is 0.0287. The third-order valence-corrected chi connectivity index (χ3v) is 5.00. The highest BCUT2D eigenvalue weighted by molar-refractivity contribution is 7.89. The van der Waals surface area contributed by atoms with Crippen LogP contribution in [0.2, 0.25) is 5.02 Å². The zero-order valence-electron chi connectivity index (χ0n) is 12.6. The molecule has 0 atom stereocenters. The van der Waals surface area contributed by atoms with Crippen molar-refractivity contribution in [1.29, 1.82) is 0 Å². The molecule has 0 aliphatic carbocycles. The Labute approximate surface area is 140 Å². The highest BCUT2D eigenvalue weighted by Gasteiger charge is 2.15. The maximum absolute atomic E-state index is 12.1. The maximum Gasteiger partial charge on any atom is 0.240 e. The molecule has 0 aliphatic rings. The number of rotatable bonds is 6. The molecule has 2 aromatic carbocycles. The number of para-hydroxylation sites is 1. The number of anilines is 1. The van der Waals surface area contributed by atoms with E-state index in [2.05, 4.69) is 4.72 Å². The van der Waals surface area contributed by atoms with Gasteiger partial charge in [-0.05, 0) is 36.4 Å². The van der Waals surface area contributed by atoms with Gasteiger partial charge in [0, 0.05) is 30.7 Å². The Kier molecular flexibility index (Phi) is 5.76. The van der Waals surface area contributed by atoms with Gasteiger partial charge in [0.05, 0.1) is 4.90 Å². The van der Waals surface area contributed by atoms with Crippen LogP contribution in [0.3, 0.4) is 0 Å². The Bertz CT molecular complexity index is 762.